The molecule has 0 aromatic rings. The molecule has 6 nitrogen and oxygen atoms in total. The zero-order valence-electron chi connectivity index (χ0n) is 13.4. The number of hydrogen-bond acceptors (Lipinski definition) is 4. The normalized spacial score (nSPS) is 27.8. The summed E-state index contributed by atoms with van der Waals surface area (Å²) in [5, 5.41) is 12.2. The van der Waals surface area contributed by atoms with Crippen LogP contribution in [0.1, 0.15) is 46.0 Å². The van der Waals surface area contributed by atoms with Crippen molar-refractivity contribution < 1.29 is 10.0 Å². The van der Waals surface area contributed by atoms with Crippen LogP contribution in [0.4, 0.5) is 0 Å². The Balaban J connectivity index is 2.22. The van der Waals surface area contributed by atoms with Gasteiger partial charge in [0.2, 0.25) is 5.91 Å². The molecule has 2 atom stereocenters. The molecule has 120 valence electrons. The van der Waals surface area contributed by atoms with Crippen molar-refractivity contribution >= 4 is 11.7 Å². The number of carbonyl (C=O) groups is 1. The number of nitrogens with zero attached hydrogens (tertiary/aromatic N) is 3. The number of amidine groups is 1. The molecule has 0 aliphatic carbocycles. The van der Waals surface area contributed by atoms with Crippen LogP contribution in [0.5, 0.6) is 0 Å². The van der Waals surface area contributed by atoms with Gasteiger partial charge in [0.15, 0.2) is 5.84 Å². The second-order valence-electron chi connectivity index (χ2n) is 6.36. The minimum absolute atomic E-state index is 0.0174. The number of amides is 1. The average Bonchev–Trinajstić information content (AvgIpc) is 2.73. The number of likely N-dealkylation sites (N-methyl/N-ethyl adjacent to an activating group) is 1. The smallest absolute Gasteiger partial charge is 0.236 e. The Bertz CT molecular complexity index is 420. The van der Waals surface area contributed by atoms with Gasteiger partial charge in [-0.25, -0.2) is 0 Å². The lowest BCUT2D eigenvalue weighted by atomic mass is 9.79. The molecule has 0 radical (unpaired) electrons. The van der Waals surface area contributed by atoms with Gasteiger partial charge in [-0.2, -0.15) is 0 Å². The minimum Gasteiger partial charge on any atom is -0.409 e. The maximum Gasteiger partial charge on any atom is 0.236 e. The first-order chi connectivity index (χ1) is 10.00. The van der Waals surface area contributed by atoms with Gasteiger partial charge in [-0.15, -0.1) is 0 Å². The Morgan fingerprint density at radius 2 is 1.90 bits per heavy atom. The SMILES string of the molecule is CCC(CC)(C(=O)N1CCC2CCC(C1)N2C)C(N)=NO. The molecular formula is C15H28N4O2. The minimum atomic E-state index is -0.864. The molecule has 2 fully saturated rings. The lowest BCUT2D eigenvalue weighted by molar-refractivity contribution is -0.139. The fraction of sp³-hybridized carbons (Fsp3) is 0.867. The Morgan fingerprint density at radius 1 is 1.29 bits per heavy atom. The zero-order valence-corrected chi connectivity index (χ0v) is 13.4. The molecule has 21 heavy (non-hydrogen) atoms. The summed E-state index contributed by atoms with van der Waals surface area (Å²) in [6.45, 7) is 5.38. The quantitative estimate of drug-likeness (QED) is 0.354. The molecule has 3 N–H and O–H groups in total. The lowest BCUT2D eigenvalue weighted by Crippen LogP contribution is -2.52. The Morgan fingerprint density at radius 3 is 2.48 bits per heavy atom. The molecule has 0 aromatic carbocycles. The molecule has 2 rings (SSSR count). The van der Waals surface area contributed by atoms with Crippen LogP contribution in [0.25, 0.3) is 0 Å². The van der Waals surface area contributed by atoms with Crippen LogP contribution in [-0.4, -0.2) is 59.0 Å². The Kier molecular flexibility index (Phi) is 4.76. The third-order valence-electron chi connectivity index (χ3n) is 5.65. The maximum atomic E-state index is 13.1. The topological polar surface area (TPSA) is 82.2 Å². The number of likely N-dealkylation sites (tertiary alicyclic amines) is 1. The highest BCUT2D eigenvalue weighted by atomic mass is 16.4. The van der Waals surface area contributed by atoms with E-state index in [1.54, 1.807) is 0 Å². The summed E-state index contributed by atoms with van der Waals surface area (Å²) in [6, 6.07) is 1.04. The highest BCUT2D eigenvalue weighted by Gasteiger charge is 2.45. The van der Waals surface area contributed by atoms with Crippen LogP contribution in [0, 0.1) is 5.41 Å². The number of carbonyl (C=O) groups excluding carboxylic acids is 1. The first-order valence-corrected chi connectivity index (χ1v) is 7.99. The molecule has 2 aliphatic heterocycles. The van der Waals surface area contributed by atoms with Crippen LogP contribution in [0.15, 0.2) is 5.16 Å². The van der Waals surface area contributed by atoms with Crippen molar-refractivity contribution in [3.8, 4) is 0 Å². The molecule has 2 bridgehead atoms. The summed E-state index contributed by atoms with van der Waals surface area (Å²) >= 11 is 0. The van der Waals surface area contributed by atoms with Gasteiger partial charge in [0, 0.05) is 25.2 Å². The van der Waals surface area contributed by atoms with Crippen molar-refractivity contribution in [2.75, 3.05) is 20.1 Å². The lowest BCUT2D eigenvalue weighted by Gasteiger charge is -2.36. The van der Waals surface area contributed by atoms with Gasteiger partial charge < -0.3 is 15.8 Å². The standard InChI is InChI=1S/C15H28N4O2/c1-4-15(5-2,13(16)17-21)14(20)19-9-8-11-6-7-12(10-19)18(11)3/h11-12,21H,4-10H2,1-3H3,(H2,16,17). The summed E-state index contributed by atoms with van der Waals surface area (Å²) in [5.41, 5.74) is 5.00. The van der Waals surface area contributed by atoms with E-state index in [0.29, 0.717) is 24.9 Å². The molecule has 1 amide bonds. The monoisotopic (exact) mass is 296 g/mol. The van der Waals surface area contributed by atoms with E-state index in [-0.39, 0.29) is 11.7 Å². The number of nitrogens with two attached hydrogens (primary N) is 1. The van der Waals surface area contributed by atoms with Gasteiger partial charge in [-0.3, -0.25) is 9.69 Å². The van der Waals surface area contributed by atoms with Crippen LogP contribution in [0.3, 0.4) is 0 Å². The number of oxime groups is 1. The van der Waals surface area contributed by atoms with Crippen LogP contribution < -0.4 is 5.73 Å². The largest absolute Gasteiger partial charge is 0.409 e. The van der Waals surface area contributed by atoms with Crippen molar-refractivity contribution in [2.45, 2.75) is 58.0 Å². The first kappa shape index (κ1) is 16.1. The fourth-order valence-electron chi connectivity index (χ4n) is 3.92. The molecule has 2 saturated heterocycles. The van der Waals surface area contributed by atoms with Crippen LogP contribution in [-0.2, 0) is 4.79 Å². The van der Waals surface area contributed by atoms with E-state index in [1.807, 2.05) is 18.7 Å². The maximum absolute atomic E-state index is 13.1. The average molecular weight is 296 g/mol. The van der Waals surface area contributed by atoms with Crippen molar-refractivity contribution in [1.82, 2.24) is 9.80 Å². The summed E-state index contributed by atoms with van der Waals surface area (Å²) < 4.78 is 0. The van der Waals surface area contributed by atoms with E-state index in [4.69, 9.17) is 10.9 Å². The van der Waals surface area contributed by atoms with Crippen molar-refractivity contribution in [3.63, 3.8) is 0 Å². The van der Waals surface area contributed by atoms with E-state index < -0.39 is 5.41 Å². The predicted molar refractivity (Wildman–Crippen MR) is 82.2 cm³/mol. The second kappa shape index (κ2) is 6.22. The van der Waals surface area contributed by atoms with E-state index in [9.17, 15) is 4.79 Å². The summed E-state index contributed by atoms with van der Waals surface area (Å²) in [5.74, 6) is 0.0593. The van der Waals surface area contributed by atoms with Crippen LogP contribution >= 0.6 is 0 Å². The molecular weight excluding hydrogens is 268 g/mol. The van der Waals surface area contributed by atoms with Crippen molar-refractivity contribution in [3.05, 3.63) is 0 Å². The Labute approximate surface area is 127 Å². The van der Waals surface area contributed by atoms with Crippen molar-refractivity contribution in [2.24, 2.45) is 16.3 Å². The van der Waals surface area contributed by atoms with Gasteiger partial charge in [0.05, 0.1) is 0 Å². The predicted octanol–water partition coefficient (Wildman–Crippen LogP) is 1.23. The summed E-state index contributed by atoms with van der Waals surface area (Å²) in [7, 11) is 2.16. The third kappa shape index (κ3) is 2.61. The number of hydrogen-bond donors (Lipinski definition) is 2. The second-order valence-corrected chi connectivity index (χ2v) is 6.36. The van der Waals surface area contributed by atoms with Gasteiger partial charge >= 0.3 is 0 Å². The van der Waals surface area contributed by atoms with Crippen LogP contribution in [0.2, 0.25) is 0 Å². The van der Waals surface area contributed by atoms with E-state index in [2.05, 4.69) is 17.1 Å². The highest BCUT2D eigenvalue weighted by molar-refractivity contribution is 6.06. The van der Waals surface area contributed by atoms with E-state index in [1.165, 1.54) is 6.42 Å². The van der Waals surface area contributed by atoms with Gasteiger partial charge in [-0.1, -0.05) is 19.0 Å². The van der Waals surface area contributed by atoms with Gasteiger partial charge in [-0.05, 0) is 39.2 Å². The number of fused-ring (bicyclic) bond motifs is 2. The molecule has 2 heterocycles. The zero-order chi connectivity index (χ0) is 15.6. The molecule has 0 spiro atoms. The summed E-state index contributed by atoms with van der Waals surface area (Å²) in [4.78, 5) is 17.4. The summed E-state index contributed by atoms with van der Waals surface area (Å²) in [6.07, 6.45) is 4.51. The molecule has 0 aromatic heterocycles. The van der Waals surface area contributed by atoms with Gasteiger partial charge in [0.1, 0.15) is 5.41 Å². The fourth-order valence-corrected chi connectivity index (χ4v) is 3.92. The van der Waals surface area contributed by atoms with E-state index >= 15 is 0 Å². The van der Waals surface area contributed by atoms with E-state index in [0.717, 1.165) is 25.9 Å². The van der Waals surface area contributed by atoms with Crippen molar-refractivity contribution in [1.29, 1.82) is 0 Å². The number of rotatable bonds is 4. The molecule has 0 saturated carbocycles. The first-order valence-electron chi connectivity index (χ1n) is 7.99. The third-order valence-corrected chi connectivity index (χ3v) is 5.65. The highest BCUT2D eigenvalue weighted by Crippen LogP contribution is 2.33. The molecule has 6 heteroatoms. The Hall–Kier alpha value is -1.30. The van der Waals surface area contributed by atoms with Gasteiger partial charge in [0.25, 0.3) is 0 Å². The molecule has 2 unspecified atom stereocenters. The molecule has 2 aliphatic rings.